The number of ether oxygens (including phenoxy) is 2. The fourth-order valence-electron chi connectivity index (χ4n) is 0.773. The Balaban J connectivity index is 0.000000280. The monoisotopic (exact) mass is 210 g/mol. The second-order valence-corrected chi connectivity index (χ2v) is 2.60. The van der Waals surface area contributed by atoms with Gasteiger partial charge in [-0.25, -0.2) is 4.79 Å². The van der Waals surface area contributed by atoms with Gasteiger partial charge in [0.2, 0.25) is 0 Å². The quantitative estimate of drug-likeness (QED) is 0.715. The summed E-state index contributed by atoms with van der Waals surface area (Å²) in [7, 11) is 0. The SMILES string of the molecule is CCOCC(=O)OCC.c1ccccc1. The molecule has 0 radical (unpaired) electrons. The van der Waals surface area contributed by atoms with Gasteiger partial charge in [-0.05, 0) is 13.8 Å². The molecule has 0 heterocycles. The molecule has 0 aliphatic rings. The largest absolute Gasteiger partial charge is 0.464 e. The molecular weight excluding hydrogens is 192 g/mol. The molecule has 3 nitrogen and oxygen atoms in total. The van der Waals surface area contributed by atoms with Crippen LogP contribution in [-0.4, -0.2) is 25.8 Å². The van der Waals surface area contributed by atoms with Gasteiger partial charge in [-0.15, -0.1) is 0 Å². The lowest BCUT2D eigenvalue weighted by Crippen LogP contribution is -2.11. The van der Waals surface area contributed by atoms with Crippen molar-refractivity contribution >= 4 is 5.97 Å². The van der Waals surface area contributed by atoms with E-state index in [-0.39, 0.29) is 12.6 Å². The van der Waals surface area contributed by atoms with Crippen LogP contribution in [0.3, 0.4) is 0 Å². The van der Waals surface area contributed by atoms with E-state index in [1.807, 2.05) is 43.3 Å². The highest BCUT2D eigenvalue weighted by molar-refractivity contribution is 5.70. The Hall–Kier alpha value is -1.35. The Morgan fingerprint density at radius 1 is 0.933 bits per heavy atom. The highest BCUT2D eigenvalue weighted by Crippen LogP contribution is 1.80. The van der Waals surface area contributed by atoms with E-state index in [0.717, 1.165) is 0 Å². The Kier molecular flexibility index (Phi) is 9.76. The van der Waals surface area contributed by atoms with E-state index in [4.69, 9.17) is 4.74 Å². The molecule has 0 saturated carbocycles. The molecule has 15 heavy (non-hydrogen) atoms. The van der Waals surface area contributed by atoms with E-state index in [1.165, 1.54) is 0 Å². The third-order valence-corrected chi connectivity index (χ3v) is 1.40. The molecule has 0 N–H and O–H groups in total. The van der Waals surface area contributed by atoms with Crippen LogP contribution < -0.4 is 0 Å². The average molecular weight is 210 g/mol. The first-order valence-corrected chi connectivity index (χ1v) is 5.04. The zero-order valence-electron chi connectivity index (χ0n) is 9.31. The number of rotatable bonds is 4. The number of hydrogen-bond acceptors (Lipinski definition) is 3. The van der Waals surface area contributed by atoms with E-state index < -0.39 is 0 Å². The molecule has 84 valence electrons. The smallest absolute Gasteiger partial charge is 0.332 e. The van der Waals surface area contributed by atoms with Crippen molar-refractivity contribution < 1.29 is 14.3 Å². The highest BCUT2D eigenvalue weighted by atomic mass is 16.6. The summed E-state index contributed by atoms with van der Waals surface area (Å²) < 4.78 is 9.35. The molecule has 0 aromatic heterocycles. The fourth-order valence-corrected chi connectivity index (χ4v) is 0.773. The molecule has 0 amide bonds. The van der Waals surface area contributed by atoms with Gasteiger partial charge >= 0.3 is 5.97 Å². The summed E-state index contributed by atoms with van der Waals surface area (Å²) in [5.74, 6) is -0.292. The molecule has 0 aliphatic carbocycles. The van der Waals surface area contributed by atoms with Gasteiger partial charge in [0.1, 0.15) is 6.61 Å². The molecule has 3 heteroatoms. The summed E-state index contributed by atoms with van der Waals surface area (Å²) in [6.45, 7) is 4.65. The van der Waals surface area contributed by atoms with Crippen LogP contribution in [0.25, 0.3) is 0 Å². The van der Waals surface area contributed by atoms with Gasteiger partial charge in [0.05, 0.1) is 6.61 Å². The van der Waals surface area contributed by atoms with E-state index in [9.17, 15) is 4.79 Å². The third-order valence-electron chi connectivity index (χ3n) is 1.40. The Bertz CT molecular complexity index is 207. The van der Waals surface area contributed by atoms with Crippen molar-refractivity contribution in [2.75, 3.05) is 19.8 Å². The molecule has 0 aliphatic heterocycles. The standard InChI is InChI=1S/C6H12O3.C6H6/c1-3-8-5-6(7)9-4-2;1-2-4-6-5-3-1/h3-5H2,1-2H3;1-6H. The zero-order valence-corrected chi connectivity index (χ0v) is 9.31. The van der Waals surface area contributed by atoms with E-state index in [1.54, 1.807) is 6.92 Å². The summed E-state index contributed by atoms with van der Waals surface area (Å²) in [5, 5.41) is 0. The first-order chi connectivity index (χ1) is 7.31. The second-order valence-electron chi connectivity index (χ2n) is 2.60. The maximum atomic E-state index is 10.5. The van der Waals surface area contributed by atoms with Crippen molar-refractivity contribution in [2.24, 2.45) is 0 Å². The van der Waals surface area contributed by atoms with Crippen molar-refractivity contribution in [3.8, 4) is 0 Å². The third kappa shape index (κ3) is 10.6. The molecule has 0 atom stereocenters. The fraction of sp³-hybridized carbons (Fsp3) is 0.417. The lowest BCUT2D eigenvalue weighted by atomic mass is 10.4. The van der Waals surface area contributed by atoms with Gasteiger partial charge in [0, 0.05) is 6.61 Å². The van der Waals surface area contributed by atoms with Crippen LogP contribution in [0.2, 0.25) is 0 Å². The number of esters is 1. The van der Waals surface area contributed by atoms with Gasteiger partial charge in [0.15, 0.2) is 0 Å². The van der Waals surface area contributed by atoms with Crippen molar-refractivity contribution in [3.63, 3.8) is 0 Å². The molecule has 0 spiro atoms. The van der Waals surface area contributed by atoms with Crippen LogP contribution in [0.4, 0.5) is 0 Å². The summed E-state index contributed by atoms with van der Waals surface area (Å²) >= 11 is 0. The molecular formula is C12H18O3. The molecule has 1 aromatic carbocycles. The van der Waals surface area contributed by atoms with Gasteiger partial charge in [-0.3, -0.25) is 0 Å². The predicted octanol–water partition coefficient (Wildman–Crippen LogP) is 2.27. The number of benzene rings is 1. The Morgan fingerprint density at radius 2 is 1.40 bits per heavy atom. The first kappa shape index (κ1) is 13.7. The lowest BCUT2D eigenvalue weighted by Gasteiger charge is -1.99. The molecule has 1 rings (SSSR count). The van der Waals surface area contributed by atoms with Crippen molar-refractivity contribution in [2.45, 2.75) is 13.8 Å². The number of carbonyl (C=O) groups is 1. The minimum Gasteiger partial charge on any atom is -0.464 e. The van der Waals surface area contributed by atoms with Gasteiger partial charge in [0.25, 0.3) is 0 Å². The molecule has 0 saturated heterocycles. The van der Waals surface area contributed by atoms with Crippen LogP contribution in [0.5, 0.6) is 0 Å². The summed E-state index contributed by atoms with van der Waals surface area (Å²) in [5.41, 5.74) is 0. The first-order valence-electron chi connectivity index (χ1n) is 5.04. The minimum absolute atomic E-state index is 0.0737. The van der Waals surface area contributed by atoms with Crippen LogP contribution >= 0.6 is 0 Å². The van der Waals surface area contributed by atoms with E-state index >= 15 is 0 Å². The summed E-state index contributed by atoms with van der Waals surface area (Å²) in [6.07, 6.45) is 0. The second kappa shape index (κ2) is 10.7. The normalized spacial score (nSPS) is 8.67. The topological polar surface area (TPSA) is 35.5 Å². The molecule has 1 aromatic rings. The average Bonchev–Trinajstić information content (AvgIpc) is 2.30. The Labute approximate surface area is 91.0 Å². The molecule has 0 fully saturated rings. The minimum atomic E-state index is -0.292. The molecule has 0 unspecified atom stereocenters. The maximum Gasteiger partial charge on any atom is 0.332 e. The van der Waals surface area contributed by atoms with Crippen LogP contribution in [0, 0.1) is 0 Å². The van der Waals surface area contributed by atoms with E-state index in [2.05, 4.69) is 4.74 Å². The zero-order chi connectivity index (χ0) is 11.4. The van der Waals surface area contributed by atoms with Gasteiger partial charge in [-0.1, -0.05) is 36.4 Å². The van der Waals surface area contributed by atoms with Crippen LogP contribution in [0.1, 0.15) is 13.8 Å². The lowest BCUT2D eigenvalue weighted by molar-refractivity contribution is -0.148. The Morgan fingerprint density at radius 3 is 1.73 bits per heavy atom. The van der Waals surface area contributed by atoms with Crippen molar-refractivity contribution in [1.82, 2.24) is 0 Å². The highest BCUT2D eigenvalue weighted by Gasteiger charge is 1.97. The summed E-state index contributed by atoms with van der Waals surface area (Å²) in [4.78, 5) is 10.5. The predicted molar refractivity (Wildman–Crippen MR) is 59.6 cm³/mol. The maximum absolute atomic E-state index is 10.5. The van der Waals surface area contributed by atoms with Crippen LogP contribution in [0.15, 0.2) is 36.4 Å². The van der Waals surface area contributed by atoms with Crippen molar-refractivity contribution in [1.29, 1.82) is 0 Å². The number of hydrogen-bond donors (Lipinski definition) is 0. The summed E-state index contributed by atoms with van der Waals surface area (Å²) in [6, 6.07) is 12.0. The van der Waals surface area contributed by atoms with Crippen LogP contribution in [-0.2, 0) is 14.3 Å². The van der Waals surface area contributed by atoms with Crippen molar-refractivity contribution in [3.05, 3.63) is 36.4 Å². The number of carbonyl (C=O) groups excluding carboxylic acids is 1. The van der Waals surface area contributed by atoms with E-state index in [0.29, 0.717) is 13.2 Å². The van der Waals surface area contributed by atoms with Gasteiger partial charge < -0.3 is 9.47 Å². The molecule has 0 bridgehead atoms. The van der Waals surface area contributed by atoms with Gasteiger partial charge in [-0.2, -0.15) is 0 Å².